The fourth-order valence-electron chi connectivity index (χ4n) is 7.10. The van der Waals surface area contributed by atoms with Gasteiger partial charge in [0.05, 0.1) is 19.2 Å². The number of hydrogen-bond donors (Lipinski definition) is 9. The van der Waals surface area contributed by atoms with Gasteiger partial charge in [0.15, 0.2) is 0 Å². The van der Waals surface area contributed by atoms with Crippen LogP contribution in [0.4, 0.5) is 0 Å². The molecule has 0 aliphatic carbocycles. The molecule has 1 aromatic rings. The van der Waals surface area contributed by atoms with E-state index in [2.05, 4.69) is 37.6 Å². The van der Waals surface area contributed by atoms with Gasteiger partial charge in [-0.1, -0.05) is 71.9 Å². The smallest absolute Gasteiger partial charge is 0.328 e. The molecule has 2 rings (SSSR count). The van der Waals surface area contributed by atoms with Crippen molar-refractivity contribution < 1.29 is 53.9 Å². The number of quaternary nitrogens is 1. The maximum Gasteiger partial charge on any atom is 0.328 e. The van der Waals surface area contributed by atoms with Crippen molar-refractivity contribution in [1.29, 1.82) is 0 Å². The quantitative estimate of drug-likeness (QED) is 0.0522. The van der Waals surface area contributed by atoms with Crippen molar-refractivity contribution in [3.8, 4) is 0 Å². The molecule has 0 radical (unpaired) electrons. The fraction of sp³-hybridized carbons (Fsp3) is 0.682. The van der Waals surface area contributed by atoms with E-state index in [4.69, 9.17) is 10.5 Å². The standard InChI is InChI=1S/C44H73N9O10/c1-24(2)19-32-39(57)50-33(20-25(3)4)44(62)63-28(8)36(42(60)47-27(7)37(55)49-32)52-40(58)34(23-54)51-38(56)31(17-13-14-18-45)48-41(59)35(21-26(5)6)53(9)43(61)30(46)22-29-15-11-10-12-16-29/h10-12,15-16,24-28,30-36,54H,13-14,17-23,45-46H2,1-9H3,(H,47,60)(H,48,59)(H,49,55)(H,50,57)(H,51,56)(H,52,58)/p+1/t27-,28-,30-,31+,32-,33-,34-,35+,36+/m0/s1. The fourth-order valence-corrected chi connectivity index (χ4v) is 7.10. The highest BCUT2D eigenvalue weighted by molar-refractivity contribution is 5.98. The summed E-state index contributed by atoms with van der Waals surface area (Å²) in [5.74, 6) is -6.21. The van der Waals surface area contributed by atoms with E-state index in [9.17, 15) is 43.5 Å². The zero-order chi connectivity index (χ0) is 47.6. The van der Waals surface area contributed by atoms with Crippen LogP contribution in [0.1, 0.15) is 99.5 Å². The summed E-state index contributed by atoms with van der Waals surface area (Å²) in [7, 11) is 1.49. The molecule has 0 unspecified atom stereocenters. The summed E-state index contributed by atoms with van der Waals surface area (Å²) < 4.78 is 5.68. The highest BCUT2D eigenvalue weighted by Crippen LogP contribution is 2.16. The minimum Gasteiger partial charge on any atom is -0.458 e. The van der Waals surface area contributed by atoms with Crippen molar-refractivity contribution >= 4 is 47.3 Å². The number of ether oxygens (including phenoxy) is 1. The lowest BCUT2D eigenvalue weighted by molar-refractivity contribution is -0.368. The predicted molar refractivity (Wildman–Crippen MR) is 235 cm³/mol. The topological polar surface area (TPSA) is 295 Å². The molecule has 0 saturated carbocycles. The number of nitrogens with one attached hydrogen (secondary N) is 6. The monoisotopic (exact) mass is 889 g/mol. The van der Waals surface area contributed by atoms with Crippen LogP contribution in [0.3, 0.4) is 0 Å². The third-order valence-electron chi connectivity index (χ3n) is 10.6. The number of hydrogen-bond acceptors (Lipinski definition) is 11. The third-order valence-corrected chi connectivity index (χ3v) is 10.6. The summed E-state index contributed by atoms with van der Waals surface area (Å²) in [6, 6.07) is -0.652. The van der Waals surface area contributed by atoms with Gasteiger partial charge in [0.1, 0.15) is 48.4 Å². The van der Waals surface area contributed by atoms with Crippen LogP contribution in [0.2, 0.25) is 0 Å². The Kier molecular flexibility index (Phi) is 22.7. The number of carbonyl (C=O) groups excluding carboxylic acids is 8. The Bertz CT molecular complexity index is 1690. The number of nitrogens with zero attached hydrogens (tertiary/aromatic N) is 1. The van der Waals surface area contributed by atoms with Gasteiger partial charge in [0.25, 0.3) is 0 Å². The van der Waals surface area contributed by atoms with E-state index in [0.717, 1.165) is 5.56 Å². The SMILES string of the molecule is CC(C)C[C@@H]1NC(=O)[C@H](C)NC(=O)[C@H](NC(=O)[C@H](CO)NC(=O)[C@@H](CCCC[NH3+])NC(=O)[C@@H](CC(C)C)N(C)C(=O)[C@@H](N)Cc2ccccc2)[C@H](C)OC(=O)[C@H](CC(C)C)NC1=O. The van der Waals surface area contributed by atoms with Crippen LogP contribution >= 0.6 is 0 Å². The second-order valence-electron chi connectivity index (χ2n) is 17.8. The van der Waals surface area contributed by atoms with Crippen LogP contribution in [0.5, 0.6) is 0 Å². The highest BCUT2D eigenvalue weighted by Gasteiger charge is 2.39. The van der Waals surface area contributed by atoms with Crippen molar-refractivity contribution in [3.63, 3.8) is 0 Å². The van der Waals surface area contributed by atoms with E-state index in [1.165, 1.54) is 25.8 Å². The van der Waals surface area contributed by atoms with Gasteiger partial charge in [-0.3, -0.25) is 33.6 Å². The molecule has 12 N–H and O–H groups in total. The number of cyclic esters (lactones) is 1. The number of rotatable bonds is 21. The van der Waals surface area contributed by atoms with Gasteiger partial charge < -0.3 is 58.1 Å². The van der Waals surface area contributed by atoms with Crippen molar-refractivity contribution in [2.24, 2.45) is 23.5 Å². The molecule has 1 aliphatic rings. The summed E-state index contributed by atoms with van der Waals surface area (Å²) in [5, 5.41) is 25.9. The Morgan fingerprint density at radius 2 is 1.38 bits per heavy atom. The molecule has 19 nitrogen and oxygen atoms in total. The Hall–Kier alpha value is -5.14. The van der Waals surface area contributed by atoms with Crippen LogP contribution < -0.4 is 43.4 Å². The van der Waals surface area contributed by atoms with Crippen LogP contribution in [0.25, 0.3) is 0 Å². The lowest BCUT2D eigenvalue weighted by Crippen LogP contribution is -2.62. The van der Waals surface area contributed by atoms with Gasteiger partial charge >= 0.3 is 5.97 Å². The first kappa shape index (κ1) is 54.0. The van der Waals surface area contributed by atoms with Crippen LogP contribution in [0.15, 0.2) is 30.3 Å². The first-order valence-electron chi connectivity index (χ1n) is 22.1. The number of esters is 1. The highest BCUT2D eigenvalue weighted by atomic mass is 16.5. The summed E-state index contributed by atoms with van der Waals surface area (Å²) in [5.41, 5.74) is 11.0. The first-order valence-corrected chi connectivity index (χ1v) is 22.1. The Labute approximate surface area is 371 Å². The number of carbonyl (C=O) groups is 8. The molecule has 1 aromatic carbocycles. The maximum absolute atomic E-state index is 14.0. The van der Waals surface area contributed by atoms with Gasteiger partial charge in [-0.25, -0.2) is 4.79 Å². The molecule has 7 amide bonds. The number of aliphatic hydroxyl groups excluding tert-OH is 1. The first-order chi connectivity index (χ1) is 29.6. The molecule has 0 bridgehead atoms. The van der Waals surface area contributed by atoms with Gasteiger partial charge in [0, 0.05) is 7.05 Å². The average Bonchev–Trinajstić information content (AvgIpc) is 3.21. The Morgan fingerprint density at radius 3 is 1.95 bits per heavy atom. The molecule has 1 saturated heterocycles. The van der Waals surface area contributed by atoms with E-state index >= 15 is 0 Å². The number of benzene rings is 1. The van der Waals surface area contributed by atoms with Gasteiger partial charge in [-0.2, -0.15) is 0 Å². The number of amides is 7. The van der Waals surface area contributed by atoms with E-state index in [1.54, 1.807) is 0 Å². The lowest BCUT2D eigenvalue weighted by Gasteiger charge is -2.32. The summed E-state index contributed by atoms with van der Waals surface area (Å²) >= 11 is 0. The molecule has 9 atom stereocenters. The molecular weight excluding hydrogens is 815 g/mol. The van der Waals surface area contributed by atoms with Crippen molar-refractivity contribution in [2.75, 3.05) is 20.2 Å². The van der Waals surface area contributed by atoms with Gasteiger partial charge in [0.2, 0.25) is 41.4 Å². The molecule has 1 fully saturated rings. The maximum atomic E-state index is 14.0. The zero-order valence-corrected chi connectivity index (χ0v) is 38.5. The van der Waals surface area contributed by atoms with E-state index in [-0.39, 0.29) is 49.9 Å². The largest absolute Gasteiger partial charge is 0.458 e. The van der Waals surface area contributed by atoms with E-state index in [1.807, 2.05) is 71.9 Å². The van der Waals surface area contributed by atoms with Crippen molar-refractivity contribution in [1.82, 2.24) is 36.8 Å². The molecule has 1 aliphatic heterocycles. The van der Waals surface area contributed by atoms with Gasteiger partial charge in [-0.05, 0) is 82.1 Å². The van der Waals surface area contributed by atoms with Crippen LogP contribution in [-0.4, -0.2) is 132 Å². The van der Waals surface area contributed by atoms with Gasteiger partial charge in [-0.15, -0.1) is 0 Å². The summed E-state index contributed by atoms with van der Waals surface area (Å²) in [6.45, 7) is 13.5. The van der Waals surface area contributed by atoms with Crippen molar-refractivity contribution in [3.05, 3.63) is 35.9 Å². The number of aliphatic hydroxyl groups is 1. The normalized spacial score (nSPS) is 21.9. The molecular formula is C44H74N9O10+. The number of likely N-dealkylation sites (N-methyl/N-ethyl adjacent to an activating group) is 1. The van der Waals surface area contributed by atoms with Crippen molar-refractivity contribution in [2.45, 2.75) is 155 Å². The second kappa shape index (κ2) is 26.5. The molecule has 1 heterocycles. The Balaban J connectivity index is 2.37. The molecule has 354 valence electrons. The molecule has 63 heavy (non-hydrogen) atoms. The van der Waals surface area contributed by atoms with E-state index < -0.39 is 108 Å². The third kappa shape index (κ3) is 17.9. The van der Waals surface area contributed by atoms with Crippen LogP contribution in [0, 0.1) is 17.8 Å². The number of nitrogens with two attached hydrogens (primary N) is 1. The number of unbranched alkanes of at least 4 members (excludes halogenated alkanes) is 1. The molecule has 19 heteroatoms. The average molecular weight is 889 g/mol. The molecule has 0 spiro atoms. The lowest BCUT2D eigenvalue weighted by atomic mass is 9.99. The minimum atomic E-state index is -1.66. The molecule has 0 aromatic heterocycles. The zero-order valence-electron chi connectivity index (χ0n) is 38.5. The minimum absolute atomic E-state index is 0.0223. The van der Waals surface area contributed by atoms with Crippen LogP contribution in [-0.2, 0) is 49.5 Å². The second-order valence-corrected chi connectivity index (χ2v) is 17.8. The van der Waals surface area contributed by atoms with E-state index in [0.29, 0.717) is 19.4 Å². The Morgan fingerprint density at radius 1 is 0.794 bits per heavy atom. The summed E-state index contributed by atoms with van der Waals surface area (Å²) in [4.78, 5) is 111. The predicted octanol–water partition coefficient (Wildman–Crippen LogP) is -1.20. The summed E-state index contributed by atoms with van der Waals surface area (Å²) in [6.07, 6.45) is 0.703.